The van der Waals surface area contributed by atoms with Gasteiger partial charge in [-0.2, -0.15) is 13.2 Å². The van der Waals surface area contributed by atoms with Gasteiger partial charge in [-0.3, -0.25) is 0 Å². The second-order valence-corrected chi connectivity index (χ2v) is 8.20. The van der Waals surface area contributed by atoms with Gasteiger partial charge in [-0.1, -0.05) is 37.5 Å². The minimum absolute atomic E-state index is 0.286. The lowest BCUT2D eigenvalue weighted by Gasteiger charge is -2.43. The van der Waals surface area contributed by atoms with Crippen LogP contribution >= 0.6 is 0 Å². The number of likely N-dealkylation sites (tertiary alicyclic amines) is 1. The maximum absolute atomic E-state index is 13.2. The molecule has 3 rings (SSSR count). The highest BCUT2D eigenvalue weighted by Gasteiger charge is 2.41. The van der Waals surface area contributed by atoms with Crippen LogP contribution in [0.5, 0.6) is 0 Å². The smallest absolute Gasteiger partial charge is 0.389 e. The Kier molecular flexibility index (Phi) is 6.49. The summed E-state index contributed by atoms with van der Waals surface area (Å²) in [7, 11) is 1.97. The monoisotopic (exact) mass is 384 g/mol. The first kappa shape index (κ1) is 20.6. The third kappa shape index (κ3) is 5.04. The molecule has 27 heavy (non-hydrogen) atoms. The van der Waals surface area contributed by atoms with E-state index < -0.39 is 17.3 Å². The van der Waals surface area contributed by atoms with Gasteiger partial charge in [0.25, 0.3) is 0 Å². The van der Waals surface area contributed by atoms with Crippen molar-refractivity contribution in [2.45, 2.75) is 68.7 Å². The fourth-order valence-electron chi connectivity index (χ4n) is 4.69. The lowest BCUT2D eigenvalue weighted by molar-refractivity contribution is -0.137. The molecule has 152 valence electrons. The maximum Gasteiger partial charge on any atom is 0.416 e. The maximum atomic E-state index is 13.2. The van der Waals surface area contributed by atoms with Crippen molar-refractivity contribution in [2.24, 2.45) is 0 Å². The van der Waals surface area contributed by atoms with E-state index in [4.69, 9.17) is 0 Å². The summed E-state index contributed by atoms with van der Waals surface area (Å²) >= 11 is 0. The molecule has 1 heterocycles. The Labute approximate surface area is 159 Å². The summed E-state index contributed by atoms with van der Waals surface area (Å²) in [5, 5.41) is 14.7. The highest BCUT2D eigenvalue weighted by atomic mass is 19.4. The summed E-state index contributed by atoms with van der Waals surface area (Å²) in [4.78, 5) is 2.31. The van der Waals surface area contributed by atoms with E-state index in [0.717, 1.165) is 51.3 Å². The molecule has 1 atom stereocenters. The van der Waals surface area contributed by atoms with E-state index >= 15 is 0 Å². The highest BCUT2D eigenvalue weighted by molar-refractivity contribution is 5.31. The number of halogens is 3. The largest absolute Gasteiger partial charge is 0.416 e. The third-order valence-electron chi connectivity index (χ3n) is 6.42. The first-order chi connectivity index (χ1) is 12.8. The number of benzene rings is 1. The van der Waals surface area contributed by atoms with Gasteiger partial charge in [0.2, 0.25) is 0 Å². The van der Waals surface area contributed by atoms with Gasteiger partial charge >= 0.3 is 6.18 Å². The van der Waals surface area contributed by atoms with Crippen LogP contribution in [-0.4, -0.2) is 48.3 Å². The molecule has 1 saturated carbocycles. The van der Waals surface area contributed by atoms with E-state index in [-0.39, 0.29) is 5.92 Å². The summed E-state index contributed by atoms with van der Waals surface area (Å²) in [6.07, 6.45) is 2.00. The zero-order valence-electron chi connectivity index (χ0n) is 16.1. The molecule has 1 saturated heterocycles. The van der Waals surface area contributed by atoms with Gasteiger partial charge in [0.05, 0.1) is 11.2 Å². The first-order valence-electron chi connectivity index (χ1n) is 10.1. The molecule has 2 fully saturated rings. The summed E-state index contributed by atoms with van der Waals surface area (Å²) in [6.45, 7) is 2.45. The van der Waals surface area contributed by atoms with Gasteiger partial charge in [-0.25, -0.2) is 0 Å². The van der Waals surface area contributed by atoms with Crippen LogP contribution in [0.2, 0.25) is 0 Å². The minimum atomic E-state index is -4.36. The first-order valence-corrected chi connectivity index (χ1v) is 10.1. The Morgan fingerprint density at radius 3 is 2.44 bits per heavy atom. The van der Waals surface area contributed by atoms with E-state index in [1.165, 1.54) is 12.1 Å². The van der Waals surface area contributed by atoms with Gasteiger partial charge in [0, 0.05) is 18.5 Å². The molecule has 6 heteroatoms. The lowest BCUT2D eigenvalue weighted by Crippen LogP contribution is -2.48. The molecule has 0 amide bonds. The second-order valence-electron chi connectivity index (χ2n) is 8.20. The van der Waals surface area contributed by atoms with Crippen LogP contribution in [0.3, 0.4) is 0 Å². The highest BCUT2D eigenvalue weighted by Crippen LogP contribution is 2.42. The number of aliphatic hydroxyl groups is 1. The summed E-state index contributed by atoms with van der Waals surface area (Å²) in [6, 6.07) is 6.10. The number of hydrogen-bond acceptors (Lipinski definition) is 3. The quantitative estimate of drug-likeness (QED) is 0.800. The molecule has 0 radical (unpaired) electrons. The Hall–Kier alpha value is -1.11. The van der Waals surface area contributed by atoms with Crippen molar-refractivity contribution in [3.8, 4) is 0 Å². The van der Waals surface area contributed by atoms with Crippen molar-refractivity contribution in [1.29, 1.82) is 0 Å². The zero-order valence-corrected chi connectivity index (χ0v) is 16.1. The number of rotatable bonds is 5. The van der Waals surface area contributed by atoms with Crippen LogP contribution in [0, 0.1) is 0 Å². The van der Waals surface area contributed by atoms with Crippen molar-refractivity contribution in [2.75, 3.05) is 26.7 Å². The van der Waals surface area contributed by atoms with Crippen LogP contribution in [0.4, 0.5) is 13.2 Å². The molecule has 1 aromatic carbocycles. The van der Waals surface area contributed by atoms with Gasteiger partial charge in [0.1, 0.15) is 0 Å². The molecule has 1 aliphatic heterocycles. The van der Waals surface area contributed by atoms with E-state index in [1.54, 1.807) is 6.07 Å². The van der Waals surface area contributed by atoms with Crippen LogP contribution in [0.25, 0.3) is 0 Å². The topological polar surface area (TPSA) is 35.5 Å². The van der Waals surface area contributed by atoms with E-state index in [0.29, 0.717) is 31.0 Å². The molecular formula is C21H31F3N2O. The predicted octanol–water partition coefficient (Wildman–Crippen LogP) is 4.17. The molecule has 2 aliphatic rings. The number of nitrogens with one attached hydrogen (secondary N) is 1. The van der Waals surface area contributed by atoms with Crippen molar-refractivity contribution in [3.05, 3.63) is 35.4 Å². The molecular weight excluding hydrogens is 353 g/mol. The van der Waals surface area contributed by atoms with Gasteiger partial charge in [-0.15, -0.1) is 0 Å². The predicted molar refractivity (Wildman–Crippen MR) is 101 cm³/mol. The van der Waals surface area contributed by atoms with Crippen LogP contribution in [-0.2, 0) is 6.18 Å². The Morgan fingerprint density at radius 2 is 1.85 bits per heavy atom. The van der Waals surface area contributed by atoms with Crippen LogP contribution < -0.4 is 5.32 Å². The Balaban J connectivity index is 1.84. The van der Waals surface area contributed by atoms with Gasteiger partial charge in [-0.05, 0) is 57.5 Å². The van der Waals surface area contributed by atoms with E-state index in [9.17, 15) is 18.3 Å². The van der Waals surface area contributed by atoms with Crippen molar-refractivity contribution < 1.29 is 18.3 Å². The van der Waals surface area contributed by atoms with E-state index in [1.807, 2.05) is 7.05 Å². The molecule has 1 aliphatic carbocycles. The molecule has 0 bridgehead atoms. The number of nitrogens with zero attached hydrogens (tertiary/aromatic N) is 1. The van der Waals surface area contributed by atoms with Crippen LogP contribution in [0.15, 0.2) is 24.3 Å². The average molecular weight is 384 g/mol. The molecule has 0 aromatic heterocycles. The lowest BCUT2D eigenvalue weighted by atomic mass is 9.72. The molecule has 1 aromatic rings. The third-order valence-corrected chi connectivity index (χ3v) is 6.42. The summed E-state index contributed by atoms with van der Waals surface area (Å²) < 4.78 is 39.7. The molecule has 1 unspecified atom stereocenters. The minimum Gasteiger partial charge on any atom is -0.389 e. The molecule has 2 N–H and O–H groups in total. The number of piperidine rings is 1. The van der Waals surface area contributed by atoms with Crippen molar-refractivity contribution in [1.82, 2.24) is 10.2 Å². The Morgan fingerprint density at radius 1 is 1.19 bits per heavy atom. The summed E-state index contributed by atoms with van der Waals surface area (Å²) in [5.74, 6) is -0.286. The van der Waals surface area contributed by atoms with Gasteiger partial charge < -0.3 is 15.3 Å². The Bertz CT molecular complexity index is 606. The summed E-state index contributed by atoms with van der Waals surface area (Å²) in [5.41, 5.74) is -0.925. The van der Waals surface area contributed by atoms with Gasteiger partial charge in [0.15, 0.2) is 0 Å². The fourth-order valence-corrected chi connectivity index (χ4v) is 4.69. The zero-order chi connectivity index (χ0) is 19.5. The second kappa shape index (κ2) is 8.50. The standard InChI is InChI=1S/C21H31F3N2O/c1-25-18-8-12-26(13-9-18)15-19(20(27)10-3-2-4-11-20)16-6-5-7-17(14-16)21(22,23)24/h5-7,14,18-19,25,27H,2-4,8-13,15H2,1H3. The normalized spacial score (nSPS) is 23.3. The molecule has 3 nitrogen and oxygen atoms in total. The molecule has 0 spiro atoms. The van der Waals surface area contributed by atoms with Crippen molar-refractivity contribution in [3.63, 3.8) is 0 Å². The van der Waals surface area contributed by atoms with Crippen molar-refractivity contribution >= 4 is 0 Å². The fraction of sp³-hybridized carbons (Fsp3) is 0.714. The SMILES string of the molecule is CNC1CCN(CC(c2cccc(C(F)(F)F)c2)C2(O)CCCCC2)CC1. The van der Waals surface area contributed by atoms with E-state index in [2.05, 4.69) is 10.2 Å². The number of alkyl halides is 3. The van der Waals surface area contributed by atoms with Crippen LogP contribution in [0.1, 0.15) is 62.0 Å². The number of hydrogen-bond donors (Lipinski definition) is 2. The average Bonchev–Trinajstić information content (AvgIpc) is 2.66.